The molecule has 0 heterocycles. The van der Waals surface area contributed by atoms with E-state index in [0.29, 0.717) is 0 Å². The zero-order valence-electron chi connectivity index (χ0n) is 10.9. The van der Waals surface area contributed by atoms with Crippen LogP contribution < -0.4 is 10.6 Å². The molecule has 0 aromatic carbocycles. The van der Waals surface area contributed by atoms with Crippen LogP contribution in [0.15, 0.2) is 0 Å². The Balaban J connectivity index is 1.93. The van der Waals surface area contributed by atoms with Crippen molar-refractivity contribution in [1.82, 2.24) is 10.6 Å². The Morgan fingerprint density at radius 3 is 2.40 bits per heavy atom. The maximum atomic E-state index is 3.56. The fourth-order valence-electron chi connectivity index (χ4n) is 2.34. The first-order chi connectivity index (χ1) is 6.97. The second-order valence-electron chi connectivity index (χ2n) is 6.17. The molecule has 2 unspecified atom stereocenters. The molecule has 2 N–H and O–H groups in total. The molecule has 1 saturated carbocycles. The van der Waals surface area contributed by atoms with Crippen LogP contribution in [0.1, 0.15) is 47.0 Å². The Hall–Kier alpha value is -0.0800. The summed E-state index contributed by atoms with van der Waals surface area (Å²) in [7, 11) is 0. The van der Waals surface area contributed by atoms with Crippen LogP contribution in [-0.4, -0.2) is 25.2 Å². The Bertz CT molecular complexity index is 172. The molecule has 1 aliphatic carbocycles. The van der Waals surface area contributed by atoms with Crippen LogP contribution in [0, 0.1) is 11.8 Å². The molecule has 0 bridgehead atoms. The lowest BCUT2D eigenvalue weighted by atomic mass is 10.1. The average molecular weight is 212 g/mol. The van der Waals surface area contributed by atoms with Gasteiger partial charge in [0.2, 0.25) is 0 Å². The summed E-state index contributed by atoms with van der Waals surface area (Å²) in [5, 5.41) is 7.05. The van der Waals surface area contributed by atoms with Crippen LogP contribution in [0.5, 0.6) is 0 Å². The number of hydrogen-bond acceptors (Lipinski definition) is 2. The minimum Gasteiger partial charge on any atom is -0.315 e. The van der Waals surface area contributed by atoms with Crippen LogP contribution in [0.4, 0.5) is 0 Å². The normalized spacial score (nSPS) is 27.2. The largest absolute Gasteiger partial charge is 0.315 e. The minimum absolute atomic E-state index is 0.254. The van der Waals surface area contributed by atoms with E-state index in [-0.39, 0.29) is 5.54 Å². The fourth-order valence-corrected chi connectivity index (χ4v) is 2.34. The third-order valence-electron chi connectivity index (χ3n) is 3.19. The van der Waals surface area contributed by atoms with Crippen LogP contribution in [-0.2, 0) is 0 Å². The molecule has 15 heavy (non-hydrogen) atoms. The molecule has 90 valence electrons. The third kappa shape index (κ3) is 6.16. The van der Waals surface area contributed by atoms with E-state index in [0.717, 1.165) is 24.9 Å². The van der Waals surface area contributed by atoms with Gasteiger partial charge in [0.1, 0.15) is 0 Å². The van der Waals surface area contributed by atoms with Crippen LogP contribution in [0.2, 0.25) is 0 Å². The summed E-state index contributed by atoms with van der Waals surface area (Å²) in [6.07, 6.45) is 4.30. The molecule has 0 aliphatic heterocycles. The van der Waals surface area contributed by atoms with Crippen LogP contribution >= 0.6 is 0 Å². The predicted molar refractivity (Wildman–Crippen MR) is 67.1 cm³/mol. The zero-order chi connectivity index (χ0) is 11.3. The highest BCUT2D eigenvalue weighted by Crippen LogP contribution is 2.29. The Morgan fingerprint density at radius 1 is 1.13 bits per heavy atom. The molecule has 0 spiro atoms. The highest BCUT2D eigenvalue weighted by atomic mass is 15.0. The minimum atomic E-state index is 0.254. The summed E-state index contributed by atoms with van der Waals surface area (Å²) in [6.45, 7) is 12.4. The molecular weight excluding hydrogens is 184 g/mol. The van der Waals surface area contributed by atoms with E-state index in [1.165, 1.54) is 25.8 Å². The predicted octanol–water partition coefficient (Wildman–Crippen LogP) is 2.40. The quantitative estimate of drug-likeness (QED) is 0.684. The number of rotatable bonds is 5. The second kappa shape index (κ2) is 5.86. The standard InChI is InChI=1S/C13H28N2/c1-11-5-6-12(9-11)10-14-7-8-15-13(2,3)4/h11-12,14-15H,5-10H2,1-4H3. The van der Waals surface area contributed by atoms with Gasteiger partial charge in [0.25, 0.3) is 0 Å². The summed E-state index contributed by atoms with van der Waals surface area (Å²) in [6, 6.07) is 0. The van der Waals surface area contributed by atoms with Gasteiger partial charge < -0.3 is 10.6 Å². The van der Waals surface area contributed by atoms with Crippen molar-refractivity contribution >= 4 is 0 Å². The molecule has 2 atom stereocenters. The SMILES string of the molecule is CC1CCC(CNCCNC(C)(C)C)C1. The molecule has 0 aromatic heterocycles. The van der Waals surface area contributed by atoms with Crippen molar-refractivity contribution in [3.63, 3.8) is 0 Å². The van der Waals surface area contributed by atoms with Crippen molar-refractivity contribution in [3.05, 3.63) is 0 Å². The van der Waals surface area contributed by atoms with Gasteiger partial charge in [0.15, 0.2) is 0 Å². The summed E-state index contributed by atoms with van der Waals surface area (Å²) in [5.41, 5.74) is 0.254. The maximum absolute atomic E-state index is 3.56. The summed E-state index contributed by atoms with van der Waals surface area (Å²) < 4.78 is 0. The van der Waals surface area contributed by atoms with E-state index in [4.69, 9.17) is 0 Å². The fraction of sp³-hybridized carbons (Fsp3) is 1.00. The molecule has 1 aliphatic rings. The Morgan fingerprint density at radius 2 is 1.87 bits per heavy atom. The topological polar surface area (TPSA) is 24.1 Å². The lowest BCUT2D eigenvalue weighted by Crippen LogP contribution is -2.40. The van der Waals surface area contributed by atoms with Crippen molar-refractivity contribution in [3.8, 4) is 0 Å². The van der Waals surface area contributed by atoms with Crippen LogP contribution in [0.25, 0.3) is 0 Å². The first kappa shape index (κ1) is 13.0. The third-order valence-corrected chi connectivity index (χ3v) is 3.19. The second-order valence-corrected chi connectivity index (χ2v) is 6.17. The van der Waals surface area contributed by atoms with Crippen molar-refractivity contribution in [2.75, 3.05) is 19.6 Å². The van der Waals surface area contributed by atoms with E-state index >= 15 is 0 Å². The highest BCUT2D eigenvalue weighted by molar-refractivity contribution is 4.75. The van der Waals surface area contributed by atoms with E-state index in [2.05, 4.69) is 38.3 Å². The average Bonchev–Trinajstić information content (AvgIpc) is 2.49. The first-order valence-electron chi connectivity index (χ1n) is 6.43. The Labute approximate surface area is 95.2 Å². The smallest absolute Gasteiger partial charge is 0.00970 e. The molecule has 2 heteroatoms. The monoisotopic (exact) mass is 212 g/mol. The van der Waals surface area contributed by atoms with Gasteiger partial charge in [0, 0.05) is 18.6 Å². The van der Waals surface area contributed by atoms with Gasteiger partial charge in [-0.3, -0.25) is 0 Å². The van der Waals surface area contributed by atoms with Gasteiger partial charge in [-0.25, -0.2) is 0 Å². The highest BCUT2D eigenvalue weighted by Gasteiger charge is 2.20. The van der Waals surface area contributed by atoms with Gasteiger partial charge in [-0.1, -0.05) is 13.3 Å². The van der Waals surface area contributed by atoms with Crippen LogP contribution in [0.3, 0.4) is 0 Å². The first-order valence-corrected chi connectivity index (χ1v) is 6.43. The zero-order valence-corrected chi connectivity index (χ0v) is 10.9. The summed E-state index contributed by atoms with van der Waals surface area (Å²) in [4.78, 5) is 0. The van der Waals surface area contributed by atoms with Crippen molar-refractivity contribution in [1.29, 1.82) is 0 Å². The maximum Gasteiger partial charge on any atom is 0.00970 e. The number of hydrogen-bond donors (Lipinski definition) is 2. The lowest BCUT2D eigenvalue weighted by Gasteiger charge is -2.21. The Kier molecular flexibility index (Phi) is 5.07. The van der Waals surface area contributed by atoms with Gasteiger partial charge in [-0.15, -0.1) is 0 Å². The van der Waals surface area contributed by atoms with Gasteiger partial charge in [-0.2, -0.15) is 0 Å². The van der Waals surface area contributed by atoms with E-state index in [1.807, 2.05) is 0 Å². The van der Waals surface area contributed by atoms with Gasteiger partial charge in [-0.05, 0) is 52.0 Å². The summed E-state index contributed by atoms with van der Waals surface area (Å²) in [5.74, 6) is 1.90. The summed E-state index contributed by atoms with van der Waals surface area (Å²) >= 11 is 0. The molecule has 0 radical (unpaired) electrons. The van der Waals surface area contributed by atoms with Gasteiger partial charge >= 0.3 is 0 Å². The molecule has 2 nitrogen and oxygen atoms in total. The van der Waals surface area contributed by atoms with Crippen molar-refractivity contribution < 1.29 is 0 Å². The van der Waals surface area contributed by atoms with E-state index in [9.17, 15) is 0 Å². The molecule has 1 rings (SSSR count). The molecule has 0 aromatic rings. The van der Waals surface area contributed by atoms with Crippen molar-refractivity contribution in [2.45, 2.75) is 52.5 Å². The van der Waals surface area contributed by atoms with Gasteiger partial charge in [0.05, 0.1) is 0 Å². The molecular formula is C13H28N2. The number of nitrogens with one attached hydrogen (secondary N) is 2. The van der Waals surface area contributed by atoms with E-state index in [1.54, 1.807) is 0 Å². The molecule has 0 saturated heterocycles. The van der Waals surface area contributed by atoms with Crippen molar-refractivity contribution in [2.24, 2.45) is 11.8 Å². The lowest BCUT2D eigenvalue weighted by molar-refractivity contribution is 0.409. The molecule has 1 fully saturated rings. The molecule has 0 amide bonds. The van der Waals surface area contributed by atoms with E-state index < -0.39 is 0 Å².